The Morgan fingerprint density at radius 2 is 2.00 bits per heavy atom. The fraction of sp³-hybridized carbons (Fsp3) is 0.929. The molecule has 0 amide bonds. The van der Waals surface area contributed by atoms with Crippen molar-refractivity contribution in [3.05, 3.63) is 0 Å². The first-order chi connectivity index (χ1) is 7.92. The third kappa shape index (κ3) is 1.84. The van der Waals surface area contributed by atoms with Gasteiger partial charge in [-0.3, -0.25) is 9.69 Å². The lowest BCUT2D eigenvalue weighted by atomic mass is 9.83. The monoisotopic (exact) mass is 237 g/mol. The molecule has 3 rings (SSSR count). The molecule has 3 fully saturated rings. The maximum atomic E-state index is 12.1. The van der Waals surface area contributed by atoms with Crippen LogP contribution < -0.4 is 0 Å². The first-order valence-electron chi connectivity index (χ1n) is 6.88. The molecule has 0 aromatic heterocycles. The van der Waals surface area contributed by atoms with Gasteiger partial charge < -0.3 is 4.74 Å². The van der Waals surface area contributed by atoms with Gasteiger partial charge in [-0.2, -0.15) is 0 Å². The molecule has 2 aliphatic heterocycles. The molecule has 2 saturated heterocycles. The molecule has 2 unspecified atom stereocenters. The molecular formula is C14H23NO2. The second-order valence-electron chi connectivity index (χ2n) is 6.87. The number of Topliss-reactive ketones (excluding diaryl/α,β-unsaturated/α-hetero) is 1. The zero-order valence-corrected chi connectivity index (χ0v) is 11.2. The Hall–Kier alpha value is -0.410. The highest BCUT2D eigenvalue weighted by Crippen LogP contribution is 2.57. The van der Waals surface area contributed by atoms with Gasteiger partial charge in [-0.05, 0) is 40.0 Å². The standard InChI is InChI=1S/C14H23NO2/c1-13(2,3)17-10-4-8-15-9-5-11(16)14(6-7-14)12(10)15/h10,12H,4-9H2,1-3H3. The summed E-state index contributed by atoms with van der Waals surface area (Å²) in [5.41, 5.74) is -0.109. The van der Waals surface area contributed by atoms with E-state index in [0.717, 1.165) is 38.8 Å². The van der Waals surface area contributed by atoms with Gasteiger partial charge in [-0.25, -0.2) is 0 Å². The lowest BCUT2D eigenvalue weighted by molar-refractivity contribution is -0.138. The summed E-state index contributed by atoms with van der Waals surface area (Å²) in [6.07, 6.45) is 4.31. The average Bonchev–Trinajstić information content (AvgIpc) is 2.90. The normalized spacial score (nSPS) is 36.3. The zero-order valence-electron chi connectivity index (χ0n) is 11.2. The van der Waals surface area contributed by atoms with Crippen LogP contribution in [0.5, 0.6) is 0 Å². The van der Waals surface area contributed by atoms with E-state index in [1.54, 1.807) is 0 Å². The van der Waals surface area contributed by atoms with Gasteiger partial charge in [0.15, 0.2) is 0 Å². The summed E-state index contributed by atoms with van der Waals surface area (Å²) in [5.74, 6) is 0.503. The molecular weight excluding hydrogens is 214 g/mol. The minimum atomic E-state index is -0.0999. The third-order valence-electron chi connectivity index (χ3n) is 4.49. The summed E-state index contributed by atoms with van der Waals surface area (Å²) in [4.78, 5) is 14.7. The number of piperidine rings is 1. The quantitative estimate of drug-likeness (QED) is 0.698. The Morgan fingerprint density at radius 3 is 2.59 bits per heavy atom. The lowest BCUT2D eigenvalue weighted by Crippen LogP contribution is -2.52. The van der Waals surface area contributed by atoms with Gasteiger partial charge >= 0.3 is 0 Å². The van der Waals surface area contributed by atoms with Gasteiger partial charge in [0.1, 0.15) is 5.78 Å². The fourth-order valence-electron chi connectivity index (χ4n) is 3.73. The number of ether oxygens (including phenoxy) is 1. The number of hydrogen-bond acceptors (Lipinski definition) is 3. The zero-order chi connectivity index (χ0) is 12.3. The van der Waals surface area contributed by atoms with Crippen molar-refractivity contribution in [2.45, 2.75) is 64.2 Å². The minimum Gasteiger partial charge on any atom is -0.371 e. The number of ketones is 1. The van der Waals surface area contributed by atoms with Crippen LogP contribution >= 0.6 is 0 Å². The van der Waals surface area contributed by atoms with E-state index in [4.69, 9.17) is 4.74 Å². The van der Waals surface area contributed by atoms with Crippen molar-refractivity contribution in [1.82, 2.24) is 4.90 Å². The van der Waals surface area contributed by atoms with Crippen molar-refractivity contribution >= 4 is 5.78 Å². The van der Waals surface area contributed by atoms with Crippen molar-refractivity contribution < 1.29 is 9.53 Å². The summed E-state index contributed by atoms with van der Waals surface area (Å²) in [6, 6.07) is 0.378. The predicted octanol–water partition coefficient (Wildman–Crippen LogP) is 2.00. The van der Waals surface area contributed by atoms with E-state index in [2.05, 4.69) is 25.7 Å². The maximum Gasteiger partial charge on any atom is 0.141 e. The Kier molecular flexibility index (Phi) is 2.43. The lowest BCUT2D eigenvalue weighted by Gasteiger charge is -2.40. The Labute approximate surface area is 104 Å². The molecule has 2 heterocycles. The molecule has 96 valence electrons. The number of carbonyl (C=O) groups is 1. The number of nitrogens with zero attached hydrogens (tertiary/aromatic N) is 1. The topological polar surface area (TPSA) is 29.5 Å². The Balaban J connectivity index is 1.82. The Morgan fingerprint density at radius 1 is 1.29 bits per heavy atom. The van der Waals surface area contributed by atoms with E-state index >= 15 is 0 Å². The first-order valence-corrected chi connectivity index (χ1v) is 6.88. The SMILES string of the molecule is CC(C)(C)OC1CCN2CCC(=O)C3(CC3)C12. The van der Waals surface area contributed by atoms with Crippen molar-refractivity contribution in [1.29, 1.82) is 0 Å². The van der Waals surface area contributed by atoms with Crippen LogP contribution in [0.25, 0.3) is 0 Å². The average molecular weight is 237 g/mol. The number of fused-ring (bicyclic) bond motifs is 2. The van der Waals surface area contributed by atoms with Crippen molar-refractivity contribution in [2.75, 3.05) is 13.1 Å². The van der Waals surface area contributed by atoms with Crippen LogP contribution in [0.15, 0.2) is 0 Å². The molecule has 0 radical (unpaired) electrons. The van der Waals surface area contributed by atoms with Gasteiger partial charge in [-0.15, -0.1) is 0 Å². The third-order valence-corrected chi connectivity index (χ3v) is 4.49. The molecule has 0 aromatic carbocycles. The fourth-order valence-corrected chi connectivity index (χ4v) is 3.73. The molecule has 17 heavy (non-hydrogen) atoms. The highest BCUT2D eigenvalue weighted by Gasteiger charge is 2.63. The van der Waals surface area contributed by atoms with Crippen molar-refractivity contribution in [3.63, 3.8) is 0 Å². The Bertz CT molecular complexity index is 341. The highest BCUT2D eigenvalue weighted by atomic mass is 16.5. The summed E-state index contributed by atoms with van der Waals surface area (Å²) in [7, 11) is 0. The minimum absolute atomic E-state index is 0.00926. The largest absolute Gasteiger partial charge is 0.371 e. The second kappa shape index (κ2) is 3.55. The van der Waals surface area contributed by atoms with Crippen LogP contribution in [-0.4, -0.2) is 41.5 Å². The van der Waals surface area contributed by atoms with E-state index in [-0.39, 0.29) is 17.1 Å². The summed E-state index contributed by atoms with van der Waals surface area (Å²) < 4.78 is 6.20. The maximum absolute atomic E-state index is 12.1. The molecule has 3 nitrogen and oxygen atoms in total. The predicted molar refractivity (Wildman–Crippen MR) is 65.9 cm³/mol. The van der Waals surface area contributed by atoms with Crippen molar-refractivity contribution in [2.24, 2.45) is 5.41 Å². The van der Waals surface area contributed by atoms with Crippen LogP contribution in [0, 0.1) is 5.41 Å². The van der Waals surface area contributed by atoms with Gasteiger partial charge in [0.25, 0.3) is 0 Å². The van der Waals surface area contributed by atoms with Gasteiger partial charge in [0.2, 0.25) is 0 Å². The molecule has 0 aromatic rings. The van der Waals surface area contributed by atoms with Gasteiger partial charge in [0, 0.05) is 31.0 Å². The summed E-state index contributed by atoms with van der Waals surface area (Å²) in [6.45, 7) is 8.40. The van der Waals surface area contributed by atoms with Crippen LogP contribution in [0.4, 0.5) is 0 Å². The van der Waals surface area contributed by atoms with E-state index in [9.17, 15) is 4.79 Å². The van der Waals surface area contributed by atoms with Gasteiger partial charge in [0.05, 0.1) is 11.7 Å². The van der Waals surface area contributed by atoms with E-state index in [1.807, 2.05) is 0 Å². The van der Waals surface area contributed by atoms with Crippen LogP contribution in [0.2, 0.25) is 0 Å². The molecule has 0 bridgehead atoms. The molecule has 1 spiro atoms. The van der Waals surface area contributed by atoms with E-state index in [1.165, 1.54) is 0 Å². The van der Waals surface area contributed by atoms with Crippen LogP contribution in [0.3, 0.4) is 0 Å². The highest BCUT2D eigenvalue weighted by molar-refractivity contribution is 5.89. The van der Waals surface area contributed by atoms with Crippen molar-refractivity contribution in [3.8, 4) is 0 Å². The smallest absolute Gasteiger partial charge is 0.141 e. The summed E-state index contributed by atoms with van der Waals surface area (Å²) >= 11 is 0. The summed E-state index contributed by atoms with van der Waals surface area (Å²) in [5, 5.41) is 0. The first kappa shape index (κ1) is 11.7. The van der Waals surface area contributed by atoms with E-state index < -0.39 is 0 Å². The van der Waals surface area contributed by atoms with Crippen LogP contribution in [-0.2, 0) is 9.53 Å². The number of carbonyl (C=O) groups excluding carboxylic acids is 1. The molecule has 2 atom stereocenters. The molecule has 0 N–H and O–H groups in total. The molecule has 3 heteroatoms. The molecule has 3 aliphatic rings. The van der Waals surface area contributed by atoms with Gasteiger partial charge in [-0.1, -0.05) is 0 Å². The number of rotatable bonds is 1. The second-order valence-corrected chi connectivity index (χ2v) is 6.87. The molecule has 1 saturated carbocycles. The van der Waals surface area contributed by atoms with Crippen LogP contribution in [0.1, 0.15) is 46.5 Å². The number of hydrogen-bond donors (Lipinski definition) is 0. The molecule has 1 aliphatic carbocycles. The van der Waals surface area contributed by atoms with E-state index in [0.29, 0.717) is 11.8 Å².